The van der Waals surface area contributed by atoms with E-state index in [1.165, 1.54) is 0 Å². The molecule has 0 bridgehead atoms. The van der Waals surface area contributed by atoms with Crippen molar-refractivity contribution in [3.8, 4) is 0 Å². The highest BCUT2D eigenvalue weighted by molar-refractivity contribution is 7.94. The number of ether oxygens (including phenoxy) is 1. The fraction of sp³-hybridized carbons (Fsp3) is 0.800. The third-order valence-corrected chi connectivity index (χ3v) is 6.08. The van der Waals surface area contributed by atoms with Gasteiger partial charge in [0.25, 0.3) is 0 Å². The molecule has 0 aromatic heterocycles. The van der Waals surface area contributed by atoms with Gasteiger partial charge in [-0.25, -0.2) is 9.00 Å². The van der Waals surface area contributed by atoms with Gasteiger partial charge in [-0.3, -0.25) is 0 Å². The predicted octanol–water partition coefficient (Wildman–Crippen LogP) is 1.80. The average Bonchev–Trinajstić information content (AvgIpc) is 2.42. The second-order valence-corrected chi connectivity index (χ2v) is 9.34. The summed E-state index contributed by atoms with van der Waals surface area (Å²) in [4.78, 5) is 11.9. The maximum Gasteiger partial charge on any atom is 0.349 e. The Morgan fingerprint density at radius 1 is 1.23 bits per heavy atom. The van der Waals surface area contributed by atoms with Crippen LogP contribution in [-0.2, 0) is 14.5 Å². The van der Waals surface area contributed by atoms with Crippen molar-refractivity contribution in [1.29, 1.82) is 0 Å². The van der Waals surface area contributed by atoms with Gasteiger partial charge in [-0.1, -0.05) is 39.8 Å². The summed E-state index contributed by atoms with van der Waals surface area (Å²) in [5.74, 6) is 0.739. The van der Waals surface area contributed by atoms with Crippen LogP contribution in [0.4, 0.5) is 4.79 Å². The molecule has 0 saturated carbocycles. The first-order valence-electron chi connectivity index (χ1n) is 7.47. The molecular weight excluding hydrogens is 304 g/mol. The molecule has 6 nitrogen and oxygen atoms in total. The zero-order valence-electron chi connectivity index (χ0n) is 13.9. The number of hydrogen-bond acceptors (Lipinski definition) is 4. The highest BCUT2D eigenvalue weighted by atomic mass is 32.2. The zero-order chi connectivity index (χ0) is 16.9. The molecule has 0 saturated heterocycles. The van der Waals surface area contributed by atoms with Gasteiger partial charge in [0.05, 0.1) is 29.5 Å². The van der Waals surface area contributed by atoms with E-state index in [0.29, 0.717) is 18.1 Å². The highest BCUT2D eigenvalue weighted by Crippen LogP contribution is 2.32. The SMILES string of the molecule is CC1(C)C=CC(C)(C)CS(=O)(=NC(=O)NCCOCCO)C1. The summed E-state index contributed by atoms with van der Waals surface area (Å²) in [6.07, 6.45) is 4.13. The fourth-order valence-electron chi connectivity index (χ4n) is 2.41. The van der Waals surface area contributed by atoms with Crippen LogP contribution in [0.5, 0.6) is 0 Å². The van der Waals surface area contributed by atoms with Crippen molar-refractivity contribution < 1.29 is 18.8 Å². The van der Waals surface area contributed by atoms with E-state index >= 15 is 0 Å². The van der Waals surface area contributed by atoms with Gasteiger partial charge in [0.2, 0.25) is 0 Å². The smallest absolute Gasteiger partial charge is 0.349 e. The Hall–Kier alpha value is -0.920. The quantitative estimate of drug-likeness (QED) is 0.593. The number of nitrogens with one attached hydrogen (secondary N) is 1. The Morgan fingerprint density at radius 3 is 2.27 bits per heavy atom. The molecule has 22 heavy (non-hydrogen) atoms. The third-order valence-electron chi connectivity index (χ3n) is 3.19. The van der Waals surface area contributed by atoms with Gasteiger partial charge in [0.1, 0.15) is 0 Å². The Balaban J connectivity index is 2.74. The number of aliphatic hydroxyl groups excluding tert-OH is 1. The molecular formula is C15H28N2O4S. The van der Waals surface area contributed by atoms with Gasteiger partial charge in [-0.15, -0.1) is 4.36 Å². The Kier molecular flexibility index (Phi) is 6.58. The van der Waals surface area contributed by atoms with Crippen molar-refractivity contribution >= 4 is 15.8 Å². The lowest BCUT2D eigenvalue weighted by Gasteiger charge is -2.22. The van der Waals surface area contributed by atoms with E-state index in [9.17, 15) is 9.00 Å². The number of amides is 2. The zero-order valence-corrected chi connectivity index (χ0v) is 14.7. The molecule has 0 atom stereocenters. The number of nitrogens with zero attached hydrogens (tertiary/aromatic N) is 1. The molecule has 2 amide bonds. The minimum Gasteiger partial charge on any atom is -0.394 e. The predicted molar refractivity (Wildman–Crippen MR) is 88.3 cm³/mol. The first-order valence-corrected chi connectivity index (χ1v) is 9.32. The van der Waals surface area contributed by atoms with Crippen molar-refractivity contribution in [3.63, 3.8) is 0 Å². The van der Waals surface area contributed by atoms with Gasteiger partial charge in [-0.05, 0) is 10.8 Å². The van der Waals surface area contributed by atoms with E-state index in [2.05, 4.69) is 21.8 Å². The lowest BCUT2D eigenvalue weighted by atomic mass is 9.89. The van der Waals surface area contributed by atoms with Gasteiger partial charge in [0.15, 0.2) is 0 Å². The van der Waals surface area contributed by atoms with Gasteiger partial charge in [0, 0.05) is 18.1 Å². The molecule has 1 heterocycles. The molecule has 0 radical (unpaired) electrons. The summed E-state index contributed by atoms with van der Waals surface area (Å²) in [5.41, 5.74) is -0.502. The van der Waals surface area contributed by atoms with Crippen LogP contribution in [0.2, 0.25) is 0 Å². The largest absolute Gasteiger partial charge is 0.394 e. The molecule has 0 unspecified atom stereocenters. The van der Waals surface area contributed by atoms with Crippen LogP contribution in [0.1, 0.15) is 27.7 Å². The molecule has 1 rings (SSSR count). The van der Waals surface area contributed by atoms with E-state index in [-0.39, 0.29) is 30.6 Å². The fourth-order valence-corrected chi connectivity index (χ4v) is 5.52. The van der Waals surface area contributed by atoms with E-state index in [0.717, 1.165) is 0 Å². The standard InChI is InChI=1S/C15H28N2O4S/c1-14(2)5-6-15(3,4)12-22(20,11-14)17-13(19)16-7-9-21-10-8-18/h5-6,18H,7-12H2,1-4H3,(H,16,19). The van der Waals surface area contributed by atoms with E-state index in [4.69, 9.17) is 9.84 Å². The minimum atomic E-state index is -2.62. The van der Waals surface area contributed by atoms with Crippen LogP contribution < -0.4 is 5.32 Å². The van der Waals surface area contributed by atoms with Crippen molar-refractivity contribution in [1.82, 2.24) is 5.32 Å². The van der Waals surface area contributed by atoms with Crippen LogP contribution >= 0.6 is 0 Å². The number of allylic oxidation sites excluding steroid dienone is 2. The van der Waals surface area contributed by atoms with Gasteiger partial charge >= 0.3 is 6.03 Å². The Bertz CT molecular complexity index is 506. The number of aliphatic hydroxyl groups is 1. The molecule has 7 heteroatoms. The minimum absolute atomic E-state index is 0.0523. The number of urea groups is 1. The van der Waals surface area contributed by atoms with Crippen LogP contribution in [0.3, 0.4) is 0 Å². The highest BCUT2D eigenvalue weighted by Gasteiger charge is 2.32. The van der Waals surface area contributed by atoms with Crippen LogP contribution in [0, 0.1) is 10.8 Å². The maximum atomic E-state index is 13.1. The van der Waals surface area contributed by atoms with Crippen LogP contribution in [0.15, 0.2) is 16.5 Å². The maximum absolute atomic E-state index is 13.1. The van der Waals surface area contributed by atoms with E-state index < -0.39 is 15.8 Å². The van der Waals surface area contributed by atoms with Crippen molar-refractivity contribution in [2.45, 2.75) is 27.7 Å². The lowest BCUT2D eigenvalue weighted by Crippen LogP contribution is -2.30. The lowest BCUT2D eigenvalue weighted by molar-refractivity contribution is 0.0949. The molecule has 1 aliphatic rings. The van der Waals surface area contributed by atoms with Crippen molar-refractivity contribution in [2.75, 3.05) is 37.9 Å². The summed E-state index contributed by atoms with van der Waals surface area (Å²) in [7, 11) is -2.62. The summed E-state index contributed by atoms with van der Waals surface area (Å²) in [6, 6.07) is -0.564. The Morgan fingerprint density at radius 2 is 1.77 bits per heavy atom. The summed E-state index contributed by atoms with van der Waals surface area (Å²) in [6.45, 7) is 8.76. The molecule has 0 fully saturated rings. The second kappa shape index (κ2) is 7.57. The van der Waals surface area contributed by atoms with Crippen molar-refractivity contribution in [3.05, 3.63) is 12.2 Å². The molecule has 2 N–H and O–H groups in total. The van der Waals surface area contributed by atoms with Gasteiger partial charge in [-0.2, -0.15) is 0 Å². The number of carbonyl (C=O) groups is 1. The Labute approximate surface area is 133 Å². The van der Waals surface area contributed by atoms with Crippen LogP contribution in [0.25, 0.3) is 0 Å². The third kappa shape index (κ3) is 6.89. The van der Waals surface area contributed by atoms with Gasteiger partial charge < -0.3 is 15.2 Å². The summed E-state index contributed by atoms with van der Waals surface area (Å²) >= 11 is 0. The topological polar surface area (TPSA) is 88.0 Å². The number of carbonyl (C=O) groups excluding carboxylic acids is 1. The number of rotatable bonds is 5. The normalized spacial score (nSPS) is 21.9. The summed E-state index contributed by atoms with van der Waals surface area (Å²) < 4.78 is 22.1. The molecule has 0 spiro atoms. The average molecular weight is 332 g/mol. The summed E-state index contributed by atoms with van der Waals surface area (Å²) in [5, 5.41) is 11.2. The molecule has 128 valence electrons. The first kappa shape index (κ1) is 19.1. The molecule has 0 aromatic rings. The molecule has 0 aromatic carbocycles. The molecule has 1 aliphatic heterocycles. The van der Waals surface area contributed by atoms with Crippen LogP contribution in [-0.4, -0.2) is 53.2 Å². The second-order valence-electron chi connectivity index (χ2n) is 7.03. The van der Waals surface area contributed by atoms with Crippen molar-refractivity contribution in [2.24, 2.45) is 15.2 Å². The monoisotopic (exact) mass is 332 g/mol. The van der Waals surface area contributed by atoms with E-state index in [1.807, 2.05) is 27.7 Å². The molecule has 0 aliphatic carbocycles. The number of hydrogen-bond donors (Lipinski definition) is 2. The van der Waals surface area contributed by atoms with E-state index in [1.54, 1.807) is 0 Å². The first-order chi connectivity index (χ1) is 10.1.